The number of nitrogens with zero attached hydrogens (tertiary/aromatic N) is 2. The smallest absolute Gasteiger partial charge is 0.107 e. The number of benzene rings is 3. The largest absolute Gasteiger partial charge is 0.290 e. The lowest BCUT2D eigenvalue weighted by Crippen LogP contribution is -2.58. The molecule has 0 aliphatic carbocycles. The predicted octanol–water partition coefficient (Wildman–Crippen LogP) is 12.4. The van der Waals surface area contributed by atoms with Gasteiger partial charge in [0.15, 0.2) is 0 Å². The molecule has 48 heavy (non-hydrogen) atoms. The molecule has 3 aromatic rings. The molecular weight excluding hydrogens is 588 g/mol. The molecule has 0 aromatic heterocycles. The molecule has 4 heteroatoms. The Morgan fingerprint density at radius 3 is 0.875 bits per heavy atom. The van der Waals surface area contributed by atoms with E-state index in [1.54, 1.807) is 0 Å². The minimum absolute atomic E-state index is 0.0135. The van der Waals surface area contributed by atoms with Crippen LogP contribution in [-0.4, -0.2) is 32.3 Å². The van der Waals surface area contributed by atoms with E-state index in [1.165, 1.54) is 46.2 Å². The van der Waals surface area contributed by atoms with Gasteiger partial charge >= 0.3 is 0 Å². The SMILES string of the molecule is CC(C)C(ON1C(C)(C)CCCC1(C)C)c1ccc(-c2ccc(-c3ccc(C(ON4C(C)(C)CCCC4(C)C)C(C)C)cc3)cc2)cc1. The van der Waals surface area contributed by atoms with Gasteiger partial charge in [-0.1, -0.05) is 100 Å². The molecule has 2 aliphatic heterocycles. The van der Waals surface area contributed by atoms with Crippen molar-refractivity contribution in [3.63, 3.8) is 0 Å². The average Bonchev–Trinajstić information content (AvgIpc) is 3.00. The van der Waals surface area contributed by atoms with E-state index >= 15 is 0 Å². The molecule has 0 radical (unpaired) electrons. The highest BCUT2D eigenvalue weighted by molar-refractivity contribution is 5.70. The Morgan fingerprint density at radius 1 is 0.417 bits per heavy atom. The van der Waals surface area contributed by atoms with Gasteiger partial charge in [-0.25, -0.2) is 0 Å². The van der Waals surface area contributed by atoms with Gasteiger partial charge in [-0.2, -0.15) is 10.1 Å². The summed E-state index contributed by atoms with van der Waals surface area (Å²) in [7, 11) is 0. The van der Waals surface area contributed by atoms with E-state index in [-0.39, 0.29) is 34.4 Å². The van der Waals surface area contributed by atoms with Crippen LogP contribution >= 0.6 is 0 Å². The zero-order valence-electron chi connectivity index (χ0n) is 32.2. The van der Waals surface area contributed by atoms with Crippen LogP contribution in [0.3, 0.4) is 0 Å². The van der Waals surface area contributed by atoms with Crippen LogP contribution in [-0.2, 0) is 9.68 Å². The molecule has 3 aromatic carbocycles. The Balaban J connectivity index is 1.29. The Hall–Kier alpha value is -2.50. The van der Waals surface area contributed by atoms with E-state index in [0.29, 0.717) is 11.8 Å². The first-order valence-corrected chi connectivity index (χ1v) is 18.7. The van der Waals surface area contributed by atoms with E-state index in [4.69, 9.17) is 9.68 Å². The monoisotopic (exact) mass is 652 g/mol. The summed E-state index contributed by atoms with van der Waals surface area (Å²) < 4.78 is 0. The highest BCUT2D eigenvalue weighted by Crippen LogP contribution is 2.44. The van der Waals surface area contributed by atoms with Crippen LogP contribution in [0, 0.1) is 11.8 Å². The van der Waals surface area contributed by atoms with E-state index in [2.05, 4.69) is 166 Å². The van der Waals surface area contributed by atoms with Crippen LogP contribution in [0.5, 0.6) is 0 Å². The Kier molecular flexibility index (Phi) is 10.7. The van der Waals surface area contributed by atoms with Crippen LogP contribution in [0.25, 0.3) is 22.3 Å². The number of rotatable bonds is 10. The molecule has 4 nitrogen and oxygen atoms in total. The van der Waals surface area contributed by atoms with Gasteiger partial charge in [-0.3, -0.25) is 9.68 Å². The minimum Gasteiger partial charge on any atom is -0.290 e. The van der Waals surface area contributed by atoms with Crippen molar-refractivity contribution in [1.82, 2.24) is 10.1 Å². The van der Waals surface area contributed by atoms with Crippen molar-refractivity contribution in [3.05, 3.63) is 83.9 Å². The minimum atomic E-state index is 0.0135. The molecule has 2 fully saturated rings. The Bertz CT molecular complexity index is 1340. The summed E-state index contributed by atoms with van der Waals surface area (Å²) in [6.45, 7) is 27.6. The number of hydrogen-bond acceptors (Lipinski definition) is 4. The third-order valence-electron chi connectivity index (χ3n) is 11.0. The fourth-order valence-electron chi connectivity index (χ4n) is 8.47. The van der Waals surface area contributed by atoms with Crippen molar-refractivity contribution >= 4 is 0 Å². The van der Waals surface area contributed by atoms with Crippen LogP contribution in [0.2, 0.25) is 0 Å². The predicted molar refractivity (Wildman–Crippen MR) is 202 cm³/mol. The van der Waals surface area contributed by atoms with E-state index in [0.717, 1.165) is 25.7 Å². The van der Waals surface area contributed by atoms with E-state index < -0.39 is 0 Å². The molecular formula is C44H64N2O2. The standard InChI is InChI=1S/C44H64N2O2/c1-31(2)39(47-45-41(5,6)27-13-28-42(45,7)8)37-23-19-35(20-24-37)33-15-17-34(18-16-33)36-21-25-38(26-22-36)40(32(3)4)48-46-43(9,10)29-14-30-44(46,11)12/h15-26,31-32,39-40H,13-14,27-30H2,1-12H3. The molecule has 2 heterocycles. The average molecular weight is 653 g/mol. The summed E-state index contributed by atoms with van der Waals surface area (Å²) >= 11 is 0. The Morgan fingerprint density at radius 2 is 0.646 bits per heavy atom. The van der Waals surface area contributed by atoms with Gasteiger partial charge in [0.25, 0.3) is 0 Å². The first-order valence-electron chi connectivity index (χ1n) is 18.7. The molecule has 0 saturated carbocycles. The highest BCUT2D eigenvalue weighted by Gasteiger charge is 2.45. The van der Waals surface area contributed by atoms with Crippen LogP contribution < -0.4 is 0 Å². The van der Waals surface area contributed by atoms with Gasteiger partial charge in [-0.05, 0) is 139 Å². The summed E-state index contributed by atoms with van der Waals surface area (Å²) in [5.41, 5.74) is 7.43. The molecule has 2 unspecified atom stereocenters. The topological polar surface area (TPSA) is 24.9 Å². The number of hydrogen-bond donors (Lipinski definition) is 0. The zero-order valence-corrected chi connectivity index (χ0v) is 32.2. The highest BCUT2D eigenvalue weighted by atomic mass is 16.7. The second-order valence-electron chi connectivity index (χ2n) is 17.9. The lowest BCUT2D eigenvalue weighted by atomic mass is 9.82. The fraction of sp³-hybridized carbons (Fsp3) is 0.591. The van der Waals surface area contributed by atoms with Crippen molar-refractivity contribution in [2.45, 2.75) is 156 Å². The molecule has 0 N–H and O–H groups in total. The van der Waals surface area contributed by atoms with Crippen LogP contribution in [0.1, 0.15) is 145 Å². The fourth-order valence-corrected chi connectivity index (χ4v) is 8.47. The number of hydroxylamine groups is 4. The number of piperidine rings is 2. The first-order chi connectivity index (χ1) is 22.4. The van der Waals surface area contributed by atoms with Gasteiger partial charge in [0.05, 0.1) is 0 Å². The van der Waals surface area contributed by atoms with Crippen molar-refractivity contribution in [2.75, 3.05) is 0 Å². The second-order valence-corrected chi connectivity index (χ2v) is 17.9. The van der Waals surface area contributed by atoms with Gasteiger partial charge in [0.2, 0.25) is 0 Å². The van der Waals surface area contributed by atoms with Crippen LogP contribution in [0.4, 0.5) is 0 Å². The molecule has 0 spiro atoms. The summed E-state index contributed by atoms with van der Waals surface area (Å²) in [4.78, 5) is 13.8. The van der Waals surface area contributed by atoms with Gasteiger partial charge in [0.1, 0.15) is 12.2 Å². The molecule has 0 amide bonds. The lowest BCUT2D eigenvalue weighted by Gasteiger charge is -2.52. The van der Waals surface area contributed by atoms with Crippen molar-refractivity contribution < 1.29 is 9.68 Å². The maximum atomic E-state index is 6.90. The van der Waals surface area contributed by atoms with Gasteiger partial charge in [-0.15, -0.1) is 0 Å². The maximum Gasteiger partial charge on any atom is 0.107 e. The molecule has 2 saturated heterocycles. The quantitative estimate of drug-likeness (QED) is 0.218. The summed E-state index contributed by atoms with van der Waals surface area (Å²) in [5, 5.41) is 4.61. The van der Waals surface area contributed by atoms with Gasteiger partial charge < -0.3 is 0 Å². The second kappa shape index (κ2) is 14.0. The molecule has 2 aliphatic rings. The Labute approximate surface area is 293 Å². The first kappa shape index (κ1) is 36.8. The van der Waals surface area contributed by atoms with Crippen molar-refractivity contribution in [1.29, 1.82) is 0 Å². The third kappa shape index (κ3) is 7.94. The molecule has 262 valence electrons. The van der Waals surface area contributed by atoms with E-state index in [1.807, 2.05) is 0 Å². The van der Waals surface area contributed by atoms with Gasteiger partial charge in [0, 0.05) is 22.2 Å². The third-order valence-corrected chi connectivity index (χ3v) is 11.0. The lowest BCUT2D eigenvalue weighted by molar-refractivity contribution is -0.313. The van der Waals surface area contributed by atoms with Crippen molar-refractivity contribution in [2.24, 2.45) is 11.8 Å². The summed E-state index contributed by atoms with van der Waals surface area (Å²) in [6, 6.07) is 27.0. The molecule has 5 rings (SSSR count). The van der Waals surface area contributed by atoms with E-state index in [9.17, 15) is 0 Å². The van der Waals surface area contributed by atoms with Crippen molar-refractivity contribution in [3.8, 4) is 22.3 Å². The zero-order chi connectivity index (χ0) is 35.1. The summed E-state index contributed by atoms with van der Waals surface area (Å²) in [6.07, 6.45) is 7.14. The summed E-state index contributed by atoms with van der Waals surface area (Å²) in [5.74, 6) is 0.724. The molecule has 2 atom stereocenters. The normalized spacial score (nSPS) is 22.1. The maximum absolute atomic E-state index is 6.90. The van der Waals surface area contributed by atoms with Crippen LogP contribution in [0.15, 0.2) is 72.8 Å². The molecule has 0 bridgehead atoms.